The lowest BCUT2D eigenvalue weighted by Crippen LogP contribution is -2.44. The van der Waals surface area contributed by atoms with E-state index < -0.39 is 11.9 Å². The summed E-state index contributed by atoms with van der Waals surface area (Å²) in [7, 11) is 1.67. The zero-order chi connectivity index (χ0) is 20.7. The minimum atomic E-state index is -4.39. The van der Waals surface area contributed by atoms with E-state index in [1.807, 2.05) is 12.1 Å². The number of thiazole rings is 1. The van der Waals surface area contributed by atoms with Crippen LogP contribution in [0.1, 0.15) is 41.8 Å². The van der Waals surface area contributed by atoms with Crippen molar-refractivity contribution in [2.24, 2.45) is 4.99 Å². The van der Waals surface area contributed by atoms with Crippen molar-refractivity contribution in [1.82, 2.24) is 20.5 Å². The second-order valence-corrected chi connectivity index (χ2v) is 7.82. The predicted octanol–water partition coefficient (Wildman–Crippen LogP) is 4.31. The molecule has 0 spiro atoms. The Labute approximate surface area is 195 Å². The SMILES string of the molecule is CN=C(NCCc1nc(C(F)(F)F)cs1)NCC(c1ccco1)N1CCCCC1.I. The van der Waals surface area contributed by atoms with E-state index in [-0.39, 0.29) is 30.0 Å². The number of guanidine groups is 1. The maximum atomic E-state index is 12.6. The second-order valence-electron chi connectivity index (χ2n) is 6.88. The van der Waals surface area contributed by atoms with Crippen LogP contribution in [0.15, 0.2) is 33.2 Å². The average molecular weight is 557 g/mol. The van der Waals surface area contributed by atoms with Crippen molar-refractivity contribution in [2.45, 2.75) is 37.9 Å². The van der Waals surface area contributed by atoms with Gasteiger partial charge in [0.05, 0.1) is 17.3 Å². The number of piperidine rings is 1. The van der Waals surface area contributed by atoms with Gasteiger partial charge in [-0.05, 0) is 38.1 Å². The van der Waals surface area contributed by atoms with Gasteiger partial charge in [0.25, 0.3) is 0 Å². The summed E-state index contributed by atoms with van der Waals surface area (Å²) in [6.07, 6.45) is 1.30. The molecule has 0 saturated carbocycles. The highest BCUT2D eigenvalue weighted by atomic mass is 127. The van der Waals surface area contributed by atoms with E-state index in [1.54, 1.807) is 13.3 Å². The van der Waals surface area contributed by atoms with Crippen LogP contribution in [0, 0.1) is 0 Å². The van der Waals surface area contributed by atoms with Crippen LogP contribution < -0.4 is 10.6 Å². The molecule has 2 aromatic rings. The molecular weight excluding hydrogens is 530 g/mol. The van der Waals surface area contributed by atoms with Crippen molar-refractivity contribution in [3.63, 3.8) is 0 Å². The van der Waals surface area contributed by atoms with Gasteiger partial charge in [0, 0.05) is 31.9 Å². The molecule has 2 N–H and O–H groups in total. The molecule has 6 nitrogen and oxygen atoms in total. The van der Waals surface area contributed by atoms with Crippen LogP contribution in [0.4, 0.5) is 13.2 Å². The average Bonchev–Trinajstić information content (AvgIpc) is 3.39. The van der Waals surface area contributed by atoms with Crippen molar-refractivity contribution in [3.8, 4) is 0 Å². The molecule has 168 valence electrons. The standard InChI is InChI=1S/C19H26F3N5OS.HI/c1-23-18(24-8-7-17-26-16(13-29-17)19(20,21)22)25-12-14(15-6-5-11-28-15)27-9-3-2-4-10-27;/h5-6,11,13-14H,2-4,7-10,12H2,1H3,(H2,23,24,25);1H. The molecule has 0 radical (unpaired) electrons. The number of likely N-dealkylation sites (tertiary alicyclic amines) is 1. The Balaban J connectivity index is 0.00000320. The van der Waals surface area contributed by atoms with Crippen LogP contribution in [0.25, 0.3) is 0 Å². The highest BCUT2D eigenvalue weighted by Gasteiger charge is 2.33. The van der Waals surface area contributed by atoms with Crippen molar-refractivity contribution >= 4 is 41.3 Å². The molecule has 30 heavy (non-hydrogen) atoms. The summed E-state index contributed by atoms with van der Waals surface area (Å²) < 4.78 is 43.6. The molecule has 1 aliphatic heterocycles. The summed E-state index contributed by atoms with van der Waals surface area (Å²) in [6.45, 7) is 3.14. The molecule has 2 aromatic heterocycles. The van der Waals surface area contributed by atoms with Gasteiger partial charge < -0.3 is 15.1 Å². The van der Waals surface area contributed by atoms with Crippen molar-refractivity contribution in [2.75, 3.05) is 33.2 Å². The Bertz CT molecular complexity index is 775. The van der Waals surface area contributed by atoms with Crippen LogP contribution in [0.2, 0.25) is 0 Å². The largest absolute Gasteiger partial charge is 0.468 e. The number of rotatable bonds is 7. The van der Waals surface area contributed by atoms with E-state index in [0.29, 0.717) is 30.5 Å². The predicted molar refractivity (Wildman–Crippen MR) is 122 cm³/mol. The fourth-order valence-corrected chi connectivity index (χ4v) is 4.18. The fraction of sp³-hybridized carbons (Fsp3) is 0.579. The highest BCUT2D eigenvalue weighted by molar-refractivity contribution is 14.0. The van der Waals surface area contributed by atoms with Gasteiger partial charge in [-0.1, -0.05) is 6.42 Å². The van der Waals surface area contributed by atoms with Crippen LogP contribution >= 0.6 is 35.3 Å². The Hall–Kier alpha value is -1.34. The lowest BCUT2D eigenvalue weighted by atomic mass is 10.1. The normalized spacial score (nSPS) is 16.7. The van der Waals surface area contributed by atoms with E-state index in [2.05, 4.69) is 25.5 Å². The van der Waals surface area contributed by atoms with Gasteiger partial charge in [0.1, 0.15) is 5.76 Å². The van der Waals surface area contributed by atoms with Crippen LogP contribution in [-0.4, -0.2) is 49.1 Å². The van der Waals surface area contributed by atoms with E-state index in [4.69, 9.17) is 4.42 Å². The summed E-state index contributed by atoms with van der Waals surface area (Å²) in [5.74, 6) is 1.52. The second kappa shape index (κ2) is 11.9. The molecule has 1 unspecified atom stereocenters. The zero-order valence-electron chi connectivity index (χ0n) is 16.7. The van der Waals surface area contributed by atoms with E-state index in [9.17, 15) is 13.2 Å². The molecule has 1 atom stereocenters. The Kier molecular flexibility index (Phi) is 9.88. The molecule has 0 bridgehead atoms. The van der Waals surface area contributed by atoms with E-state index >= 15 is 0 Å². The molecule has 1 saturated heterocycles. The topological polar surface area (TPSA) is 65.7 Å². The number of hydrogen-bond donors (Lipinski definition) is 2. The lowest BCUT2D eigenvalue weighted by molar-refractivity contribution is -0.140. The first-order valence-electron chi connectivity index (χ1n) is 9.71. The molecule has 1 aliphatic rings. The van der Waals surface area contributed by atoms with Gasteiger partial charge in [0.2, 0.25) is 0 Å². The molecule has 0 aromatic carbocycles. The highest BCUT2D eigenvalue weighted by Crippen LogP contribution is 2.30. The van der Waals surface area contributed by atoms with Gasteiger partial charge in [-0.25, -0.2) is 4.98 Å². The molecule has 3 heterocycles. The molecule has 3 rings (SSSR count). The Morgan fingerprint density at radius 1 is 1.30 bits per heavy atom. The number of halogens is 4. The Morgan fingerprint density at radius 3 is 2.67 bits per heavy atom. The monoisotopic (exact) mass is 557 g/mol. The minimum absolute atomic E-state index is 0. The lowest BCUT2D eigenvalue weighted by Gasteiger charge is -2.33. The smallest absolute Gasteiger partial charge is 0.434 e. The third-order valence-electron chi connectivity index (χ3n) is 4.86. The molecule has 11 heteroatoms. The van der Waals surface area contributed by atoms with Crippen molar-refractivity contribution < 1.29 is 17.6 Å². The maximum absolute atomic E-state index is 12.6. The van der Waals surface area contributed by atoms with Crippen molar-refractivity contribution in [1.29, 1.82) is 0 Å². The first-order chi connectivity index (χ1) is 14.0. The number of hydrogen-bond acceptors (Lipinski definition) is 5. The van der Waals surface area contributed by atoms with Crippen LogP contribution in [0.3, 0.4) is 0 Å². The van der Waals surface area contributed by atoms with Crippen molar-refractivity contribution in [3.05, 3.63) is 40.2 Å². The summed E-state index contributed by atoms with van der Waals surface area (Å²) >= 11 is 1.02. The van der Waals surface area contributed by atoms with Gasteiger partial charge in [-0.3, -0.25) is 9.89 Å². The summed E-state index contributed by atoms with van der Waals surface area (Å²) in [6, 6.07) is 3.98. The van der Waals surface area contributed by atoms with Crippen LogP contribution in [-0.2, 0) is 12.6 Å². The van der Waals surface area contributed by atoms with Gasteiger partial charge in [-0.2, -0.15) is 13.2 Å². The molecule has 0 aliphatic carbocycles. The molecular formula is C19H27F3IN5OS. The molecule has 0 amide bonds. The third kappa shape index (κ3) is 7.12. The fourth-order valence-electron chi connectivity index (χ4n) is 3.38. The number of aromatic nitrogens is 1. The summed E-state index contributed by atoms with van der Waals surface area (Å²) in [5.41, 5.74) is -0.831. The van der Waals surface area contributed by atoms with Gasteiger partial charge >= 0.3 is 6.18 Å². The first kappa shape index (κ1) is 24.9. The van der Waals surface area contributed by atoms with E-state index in [1.165, 1.54) is 19.3 Å². The minimum Gasteiger partial charge on any atom is -0.468 e. The number of alkyl halides is 3. The van der Waals surface area contributed by atoms with E-state index in [0.717, 1.165) is 35.6 Å². The van der Waals surface area contributed by atoms with Gasteiger partial charge in [0.15, 0.2) is 11.7 Å². The summed E-state index contributed by atoms with van der Waals surface area (Å²) in [5, 5.41) is 7.95. The Morgan fingerprint density at radius 2 is 2.07 bits per heavy atom. The zero-order valence-corrected chi connectivity index (χ0v) is 19.9. The number of aliphatic imine (C=N–C) groups is 1. The summed E-state index contributed by atoms with van der Waals surface area (Å²) in [4.78, 5) is 10.3. The third-order valence-corrected chi connectivity index (χ3v) is 5.77. The maximum Gasteiger partial charge on any atom is 0.434 e. The number of nitrogens with one attached hydrogen (secondary N) is 2. The number of nitrogens with zero attached hydrogens (tertiary/aromatic N) is 3. The quantitative estimate of drug-likeness (QED) is 0.302. The molecule has 1 fully saturated rings. The van der Waals surface area contributed by atoms with Gasteiger partial charge in [-0.15, -0.1) is 35.3 Å². The number of furan rings is 1. The van der Waals surface area contributed by atoms with Crippen LogP contribution in [0.5, 0.6) is 0 Å². The first-order valence-corrected chi connectivity index (χ1v) is 10.6.